The molecule has 0 spiro atoms. The molecular formula is C19H26O3. The minimum absolute atomic E-state index is 0.210. The van der Waals surface area contributed by atoms with Gasteiger partial charge >= 0.3 is 5.97 Å². The van der Waals surface area contributed by atoms with Gasteiger partial charge in [0.2, 0.25) is 0 Å². The van der Waals surface area contributed by atoms with Gasteiger partial charge in [-0.2, -0.15) is 0 Å². The van der Waals surface area contributed by atoms with Crippen molar-refractivity contribution in [1.29, 1.82) is 0 Å². The number of carbonyl (C=O) groups is 2. The molecule has 3 unspecified atom stereocenters. The number of allylic oxidation sites excluding steroid dienone is 4. The Morgan fingerprint density at radius 3 is 2.82 bits per heavy atom. The van der Waals surface area contributed by atoms with Gasteiger partial charge in [-0.15, -0.1) is 6.58 Å². The van der Waals surface area contributed by atoms with Gasteiger partial charge in [-0.05, 0) is 44.0 Å². The molecule has 2 aliphatic carbocycles. The molecule has 0 saturated heterocycles. The van der Waals surface area contributed by atoms with Crippen molar-refractivity contribution in [3.63, 3.8) is 0 Å². The lowest BCUT2D eigenvalue weighted by Crippen LogP contribution is -2.20. The Balaban J connectivity index is 2.57. The lowest BCUT2D eigenvalue weighted by Gasteiger charge is -2.13. The summed E-state index contributed by atoms with van der Waals surface area (Å²) in [7, 11) is 0. The number of hydrogen-bond donors (Lipinski definition) is 0. The van der Waals surface area contributed by atoms with Crippen molar-refractivity contribution >= 4 is 11.8 Å². The zero-order chi connectivity index (χ0) is 26.7. The first-order valence-corrected chi connectivity index (χ1v) is 6.89. The first kappa shape index (κ1) is 6.86. The summed E-state index contributed by atoms with van der Waals surface area (Å²) in [5.74, 6) is -5.17. The summed E-state index contributed by atoms with van der Waals surface area (Å²) in [6.07, 6.45) is 1.02. The highest BCUT2D eigenvalue weighted by molar-refractivity contribution is 6.00. The van der Waals surface area contributed by atoms with Crippen LogP contribution < -0.4 is 0 Å². The van der Waals surface area contributed by atoms with Crippen LogP contribution in [0.15, 0.2) is 35.5 Å². The molecule has 22 heavy (non-hydrogen) atoms. The fourth-order valence-corrected chi connectivity index (χ4v) is 2.78. The number of carbonyl (C=O) groups excluding carboxylic acids is 2. The van der Waals surface area contributed by atoms with Crippen molar-refractivity contribution < 1.29 is 30.8 Å². The lowest BCUT2D eigenvalue weighted by molar-refractivity contribution is -0.150. The Bertz CT molecular complexity index is 900. The summed E-state index contributed by atoms with van der Waals surface area (Å²) < 4.78 is 97.8. The maximum absolute atomic E-state index is 13.1. The standard InChI is InChI=1S/C19H26O3/c1-7-8-13-12(4)16(10-15(13)20)22-18(21)17-14(9-11(2)3)19(17,5)6/h7,9,14,16-17H,1,8,10H2,2-6H3/i2D3,3D3,5D3,6D3. The van der Waals surface area contributed by atoms with E-state index >= 15 is 0 Å². The van der Waals surface area contributed by atoms with Crippen LogP contribution in [-0.2, 0) is 14.3 Å². The van der Waals surface area contributed by atoms with Crippen LogP contribution in [0.2, 0.25) is 0 Å². The van der Waals surface area contributed by atoms with E-state index in [-0.39, 0.29) is 18.6 Å². The van der Waals surface area contributed by atoms with Gasteiger partial charge in [0, 0.05) is 22.0 Å². The second-order valence-electron chi connectivity index (χ2n) is 5.66. The van der Waals surface area contributed by atoms with Gasteiger partial charge < -0.3 is 4.74 Å². The summed E-state index contributed by atoms with van der Waals surface area (Å²) in [5.41, 5.74) is -3.07. The van der Waals surface area contributed by atoms with Crippen molar-refractivity contribution in [3.8, 4) is 0 Å². The van der Waals surface area contributed by atoms with E-state index < -0.39 is 62.3 Å². The number of ketones is 1. The van der Waals surface area contributed by atoms with E-state index in [0.717, 1.165) is 0 Å². The molecule has 2 aliphatic rings. The molecule has 0 aromatic heterocycles. The Labute approximate surface area is 150 Å². The number of rotatable bonds is 5. The van der Waals surface area contributed by atoms with Crippen molar-refractivity contribution in [2.24, 2.45) is 17.3 Å². The molecule has 0 aromatic rings. The van der Waals surface area contributed by atoms with E-state index in [1.165, 1.54) is 6.08 Å². The number of esters is 1. The summed E-state index contributed by atoms with van der Waals surface area (Å²) in [4.78, 5) is 25.3. The van der Waals surface area contributed by atoms with Crippen LogP contribution in [0.25, 0.3) is 0 Å². The number of ether oxygens (including phenoxy) is 1. The van der Waals surface area contributed by atoms with Crippen LogP contribution in [0, 0.1) is 17.3 Å². The van der Waals surface area contributed by atoms with Gasteiger partial charge in [-0.25, -0.2) is 0 Å². The molecule has 0 bridgehead atoms. The van der Waals surface area contributed by atoms with Crippen molar-refractivity contribution in [1.82, 2.24) is 0 Å². The SMILES string of the molecule is [2H]C([2H])([2H])C(=CC1C(C(=O)OC2CC(=O)C(CC=C)=C2C)C1(C([2H])([2H])[2H])C([2H])([2H])[2H])C([2H])([2H])[2H]. The Hall–Kier alpha value is -1.64. The summed E-state index contributed by atoms with van der Waals surface area (Å²) in [6.45, 7) is -7.85. The van der Waals surface area contributed by atoms with Gasteiger partial charge in [0.05, 0.1) is 12.3 Å². The summed E-state index contributed by atoms with van der Waals surface area (Å²) in [5, 5.41) is 0. The molecular weight excluding hydrogens is 276 g/mol. The highest BCUT2D eigenvalue weighted by Gasteiger charge is 2.61. The minimum atomic E-state index is -3.29. The second kappa shape index (κ2) is 5.86. The number of hydrogen-bond acceptors (Lipinski definition) is 3. The van der Waals surface area contributed by atoms with Crippen molar-refractivity contribution in [2.75, 3.05) is 0 Å². The molecule has 3 nitrogen and oxygen atoms in total. The van der Waals surface area contributed by atoms with E-state index in [1.807, 2.05) is 0 Å². The van der Waals surface area contributed by atoms with Gasteiger partial charge in [-0.3, -0.25) is 9.59 Å². The molecule has 1 saturated carbocycles. The monoisotopic (exact) mass is 314 g/mol. The molecule has 0 aromatic carbocycles. The summed E-state index contributed by atoms with van der Waals surface area (Å²) >= 11 is 0. The quantitative estimate of drug-likeness (QED) is 0.569. The number of Topliss-reactive ketones (excluding diaryl/α,β-unsaturated/α-hetero) is 1. The van der Waals surface area contributed by atoms with E-state index in [4.69, 9.17) is 21.2 Å². The van der Waals surface area contributed by atoms with Gasteiger partial charge in [-0.1, -0.05) is 31.4 Å². The largest absolute Gasteiger partial charge is 0.457 e. The second-order valence-corrected chi connectivity index (χ2v) is 5.66. The molecule has 0 heterocycles. The zero-order valence-corrected chi connectivity index (χ0v) is 12.2. The first-order chi connectivity index (χ1) is 15.1. The molecule has 0 amide bonds. The van der Waals surface area contributed by atoms with Crippen molar-refractivity contribution in [3.05, 3.63) is 35.5 Å². The predicted molar refractivity (Wildman–Crippen MR) is 87.2 cm³/mol. The molecule has 0 N–H and O–H groups in total. The van der Waals surface area contributed by atoms with Crippen LogP contribution in [0.3, 0.4) is 0 Å². The van der Waals surface area contributed by atoms with E-state index in [0.29, 0.717) is 17.2 Å². The Morgan fingerprint density at radius 2 is 2.23 bits per heavy atom. The average molecular weight is 314 g/mol. The van der Waals surface area contributed by atoms with E-state index in [2.05, 4.69) is 6.58 Å². The molecule has 0 aliphatic heterocycles. The lowest BCUT2D eigenvalue weighted by atomic mass is 10.1. The third kappa shape index (κ3) is 2.94. The van der Waals surface area contributed by atoms with Gasteiger partial charge in [0.15, 0.2) is 5.78 Å². The first-order valence-electron chi connectivity index (χ1n) is 12.9. The van der Waals surface area contributed by atoms with E-state index in [9.17, 15) is 9.59 Å². The Kier molecular flexibility index (Phi) is 1.83. The summed E-state index contributed by atoms with van der Waals surface area (Å²) in [6, 6.07) is 0. The van der Waals surface area contributed by atoms with Crippen LogP contribution in [0.1, 0.15) is 63.6 Å². The highest BCUT2D eigenvalue weighted by atomic mass is 16.5. The fraction of sp³-hybridized carbons (Fsp3) is 0.579. The fourth-order valence-electron chi connectivity index (χ4n) is 2.78. The maximum Gasteiger partial charge on any atom is 0.310 e. The predicted octanol–water partition coefficient (Wildman–Crippen LogP) is 4.00. The highest BCUT2D eigenvalue weighted by Crippen LogP contribution is 2.60. The van der Waals surface area contributed by atoms with Crippen LogP contribution in [0.4, 0.5) is 0 Å². The topological polar surface area (TPSA) is 43.4 Å². The third-order valence-corrected chi connectivity index (χ3v) is 4.14. The molecule has 1 fully saturated rings. The van der Waals surface area contributed by atoms with Crippen molar-refractivity contribution in [2.45, 2.75) is 53.3 Å². The smallest absolute Gasteiger partial charge is 0.310 e. The molecule has 120 valence electrons. The molecule has 3 heteroatoms. The van der Waals surface area contributed by atoms with E-state index in [1.54, 1.807) is 6.92 Å². The molecule has 3 atom stereocenters. The van der Waals surface area contributed by atoms with Crippen LogP contribution in [0.5, 0.6) is 0 Å². The molecule has 2 rings (SSSR count). The normalized spacial score (nSPS) is 39.7. The minimum Gasteiger partial charge on any atom is -0.457 e. The van der Waals surface area contributed by atoms with Gasteiger partial charge in [0.1, 0.15) is 6.10 Å². The maximum atomic E-state index is 13.1. The van der Waals surface area contributed by atoms with Crippen LogP contribution >= 0.6 is 0 Å². The average Bonchev–Trinajstić information content (AvgIpc) is 3.25. The van der Waals surface area contributed by atoms with Gasteiger partial charge in [0.25, 0.3) is 0 Å². The third-order valence-electron chi connectivity index (χ3n) is 4.14. The zero-order valence-electron chi connectivity index (χ0n) is 24.2. The van der Waals surface area contributed by atoms with Crippen LogP contribution in [-0.4, -0.2) is 17.9 Å². The Morgan fingerprint density at radius 1 is 1.50 bits per heavy atom. The molecule has 0 radical (unpaired) electrons.